The molecule has 3 rings (SSSR count). The Morgan fingerprint density at radius 2 is 2.14 bits per heavy atom. The van der Waals surface area contributed by atoms with Crippen molar-refractivity contribution in [1.29, 1.82) is 0 Å². The van der Waals surface area contributed by atoms with Gasteiger partial charge in [-0.05, 0) is 26.7 Å². The van der Waals surface area contributed by atoms with Crippen molar-refractivity contribution < 1.29 is 9.90 Å². The number of nitrogens with one attached hydrogen (secondary N) is 1. The second-order valence-electron chi connectivity index (χ2n) is 5.77. The van der Waals surface area contributed by atoms with E-state index in [0.29, 0.717) is 11.4 Å². The van der Waals surface area contributed by atoms with Crippen molar-refractivity contribution in [3.63, 3.8) is 0 Å². The van der Waals surface area contributed by atoms with Crippen molar-refractivity contribution in [2.45, 2.75) is 51.7 Å². The number of aromatic nitrogens is 2. The molecule has 1 aliphatic rings. The minimum Gasteiger partial charge on any atom is -0.391 e. The summed E-state index contributed by atoms with van der Waals surface area (Å²) in [6.07, 6.45) is 4.16. The van der Waals surface area contributed by atoms with E-state index in [4.69, 9.17) is 0 Å². The van der Waals surface area contributed by atoms with E-state index in [1.165, 1.54) is 21.9 Å². The van der Waals surface area contributed by atoms with Gasteiger partial charge in [0.1, 0.15) is 5.56 Å². The van der Waals surface area contributed by atoms with Crippen LogP contribution in [-0.4, -0.2) is 32.5 Å². The lowest BCUT2D eigenvalue weighted by Crippen LogP contribution is -2.46. The summed E-state index contributed by atoms with van der Waals surface area (Å²) in [7, 11) is 0. The molecule has 2 N–H and O–H groups in total. The topological polar surface area (TPSA) is 83.7 Å². The molecule has 2 unspecified atom stereocenters. The molecule has 118 valence electrons. The summed E-state index contributed by atoms with van der Waals surface area (Å²) in [4.78, 5) is 30.7. The van der Waals surface area contributed by atoms with Gasteiger partial charge in [0.25, 0.3) is 11.5 Å². The van der Waals surface area contributed by atoms with Gasteiger partial charge >= 0.3 is 0 Å². The highest BCUT2D eigenvalue weighted by Crippen LogP contribution is 2.20. The van der Waals surface area contributed by atoms with Gasteiger partial charge in [-0.2, -0.15) is 0 Å². The number of aliphatic hydroxyl groups is 1. The van der Waals surface area contributed by atoms with E-state index < -0.39 is 12.0 Å². The van der Waals surface area contributed by atoms with Gasteiger partial charge in [0.15, 0.2) is 4.96 Å². The molecule has 0 bridgehead atoms. The van der Waals surface area contributed by atoms with E-state index in [2.05, 4.69) is 10.3 Å². The zero-order valence-corrected chi connectivity index (χ0v) is 13.4. The van der Waals surface area contributed by atoms with Crippen molar-refractivity contribution in [3.8, 4) is 0 Å². The molecule has 2 atom stereocenters. The summed E-state index contributed by atoms with van der Waals surface area (Å²) in [5.41, 5.74) is 0.482. The van der Waals surface area contributed by atoms with Crippen LogP contribution in [0.2, 0.25) is 0 Å². The summed E-state index contributed by atoms with van der Waals surface area (Å²) in [5, 5.41) is 12.7. The first kappa shape index (κ1) is 15.2. The largest absolute Gasteiger partial charge is 0.391 e. The van der Waals surface area contributed by atoms with Crippen LogP contribution in [-0.2, 0) is 0 Å². The highest BCUT2D eigenvalue weighted by molar-refractivity contribution is 7.17. The molecular weight excluding hydrogens is 302 g/mol. The molecule has 1 fully saturated rings. The van der Waals surface area contributed by atoms with Gasteiger partial charge in [0, 0.05) is 16.8 Å². The number of fused-ring (bicyclic) bond motifs is 1. The third-order valence-corrected chi connectivity index (χ3v) is 5.38. The molecule has 1 amide bonds. The molecular formula is C15H19N3O3S. The Hall–Kier alpha value is -1.73. The fourth-order valence-corrected chi connectivity index (χ4v) is 3.79. The quantitative estimate of drug-likeness (QED) is 0.876. The molecule has 0 saturated heterocycles. The van der Waals surface area contributed by atoms with Crippen LogP contribution < -0.4 is 10.9 Å². The van der Waals surface area contributed by atoms with Gasteiger partial charge in [-0.15, -0.1) is 11.3 Å². The number of rotatable bonds is 2. The van der Waals surface area contributed by atoms with Crippen LogP contribution in [0.5, 0.6) is 0 Å². The van der Waals surface area contributed by atoms with Crippen LogP contribution in [0.15, 0.2) is 11.0 Å². The third kappa shape index (κ3) is 2.55. The standard InChI is InChI=1S/C15H19N3O3S/c1-8-9(2)22-15-16-7-10(14(21)18(8)15)13(20)17-11-5-3-4-6-12(11)19/h7,11-12,19H,3-6H2,1-2H3,(H,17,20). The molecule has 2 aromatic heterocycles. The highest BCUT2D eigenvalue weighted by atomic mass is 32.1. The third-order valence-electron chi connectivity index (χ3n) is 4.31. The van der Waals surface area contributed by atoms with Crippen molar-refractivity contribution >= 4 is 22.2 Å². The average molecular weight is 321 g/mol. The lowest BCUT2D eigenvalue weighted by molar-refractivity contribution is 0.0716. The fourth-order valence-electron chi connectivity index (χ4n) is 2.86. The lowest BCUT2D eigenvalue weighted by Gasteiger charge is -2.28. The van der Waals surface area contributed by atoms with Crippen molar-refractivity contribution in [3.05, 3.63) is 32.7 Å². The first-order chi connectivity index (χ1) is 10.5. The summed E-state index contributed by atoms with van der Waals surface area (Å²) >= 11 is 1.43. The van der Waals surface area contributed by atoms with E-state index >= 15 is 0 Å². The number of carbonyl (C=O) groups is 1. The Bertz CT molecular complexity index is 780. The number of nitrogens with zero attached hydrogens (tertiary/aromatic N) is 2. The number of hydrogen-bond donors (Lipinski definition) is 2. The Labute approximate surface area is 131 Å². The number of carbonyl (C=O) groups excluding carboxylic acids is 1. The molecule has 7 heteroatoms. The fraction of sp³-hybridized carbons (Fsp3) is 0.533. The summed E-state index contributed by atoms with van der Waals surface area (Å²) in [6, 6.07) is -0.286. The summed E-state index contributed by atoms with van der Waals surface area (Å²) in [6.45, 7) is 3.76. The first-order valence-corrected chi connectivity index (χ1v) is 8.27. The van der Waals surface area contributed by atoms with E-state index in [-0.39, 0.29) is 17.2 Å². The Morgan fingerprint density at radius 3 is 2.86 bits per heavy atom. The van der Waals surface area contributed by atoms with Crippen LogP contribution in [0, 0.1) is 13.8 Å². The molecule has 22 heavy (non-hydrogen) atoms. The van der Waals surface area contributed by atoms with E-state index in [0.717, 1.165) is 29.8 Å². The predicted molar refractivity (Wildman–Crippen MR) is 84.5 cm³/mol. The zero-order valence-electron chi connectivity index (χ0n) is 12.6. The van der Waals surface area contributed by atoms with E-state index in [1.54, 1.807) is 0 Å². The number of thiazole rings is 1. The van der Waals surface area contributed by atoms with Gasteiger partial charge in [-0.1, -0.05) is 12.8 Å². The summed E-state index contributed by atoms with van der Waals surface area (Å²) < 4.78 is 1.48. The minimum atomic E-state index is -0.540. The Kier molecular flexibility index (Phi) is 4.01. The molecule has 2 heterocycles. The zero-order chi connectivity index (χ0) is 15.9. The monoisotopic (exact) mass is 321 g/mol. The highest BCUT2D eigenvalue weighted by Gasteiger charge is 2.26. The van der Waals surface area contributed by atoms with Gasteiger partial charge < -0.3 is 10.4 Å². The van der Waals surface area contributed by atoms with Crippen LogP contribution in [0.4, 0.5) is 0 Å². The average Bonchev–Trinajstić information content (AvgIpc) is 2.77. The molecule has 1 saturated carbocycles. The maximum absolute atomic E-state index is 12.5. The maximum atomic E-state index is 12.5. The molecule has 2 aromatic rings. The molecule has 0 aromatic carbocycles. The summed E-state index contributed by atoms with van der Waals surface area (Å²) in [5.74, 6) is -0.457. The van der Waals surface area contributed by atoms with E-state index in [1.807, 2.05) is 13.8 Å². The molecule has 0 radical (unpaired) electrons. The molecule has 0 spiro atoms. The van der Waals surface area contributed by atoms with Crippen LogP contribution in [0.1, 0.15) is 46.6 Å². The number of aryl methyl sites for hydroxylation is 2. The van der Waals surface area contributed by atoms with Crippen LogP contribution in [0.3, 0.4) is 0 Å². The van der Waals surface area contributed by atoms with Gasteiger partial charge in [0.05, 0.1) is 12.1 Å². The lowest BCUT2D eigenvalue weighted by atomic mass is 9.92. The van der Waals surface area contributed by atoms with E-state index in [9.17, 15) is 14.7 Å². The van der Waals surface area contributed by atoms with Gasteiger partial charge in [0.2, 0.25) is 0 Å². The second-order valence-corrected chi connectivity index (χ2v) is 6.95. The SMILES string of the molecule is Cc1sc2ncc(C(=O)NC3CCCCC3O)c(=O)n2c1C. The smallest absolute Gasteiger partial charge is 0.271 e. The minimum absolute atomic E-state index is 0.0242. The first-order valence-electron chi connectivity index (χ1n) is 7.45. The number of aliphatic hydroxyl groups excluding tert-OH is 1. The molecule has 0 aliphatic heterocycles. The van der Waals surface area contributed by atoms with Crippen molar-refractivity contribution in [2.24, 2.45) is 0 Å². The Morgan fingerprint density at radius 1 is 1.41 bits per heavy atom. The Balaban J connectivity index is 1.92. The van der Waals surface area contributed by atoms with Crippen LogP contribution in [0.25, 0.3) is 4.96 Å². The maximum Gasteiger partial charge on any atom is 0.271 e. The van der Waals surface area contributed by atoms with Crippen molar-refractivity contribution in [1.82, 2.24) is 14.7 Å². The predicted octanol–water partition coefficient (Wildman–Crippen LogP) is 1.41. The van der Waals surface area contributed by atoms with Gasteiger partial charge in [-0.3, -0.25) is 14.0 Å². The van der Waals surface area contributed by atoms with Crippen LogP contribution >= 0.6 is 11.3 Å². The molecule has 1 aliphatic carbocycles. The number of amides is 1. The van der Waals surface area contributed by atoms with Gasteiger partial charge in [-0.25, -0.2) is 4.98 Å². The second kappa shape index (κ2) is 5.81. The molecule has 6 nitrogen and oxygen atoms in total. The van der Waals surface area contributed by atoms with Crippen molar-refractivity contribution in [2.75, 3.05) is 0 Å². The number of hydrogen-bond acceptors (Lipinski definition) is 5. The normalized spacial score (nSPS) is 22.0.